The van der Waals surface area contributed by atoms with E-state index in [0.717, 1.165) is 11.3 Å². The van der Waals surface area contributed by atoms with Crippen molar-refractivity contribution in [2.45, 2.75) is 6.54 Å². The maximum Gasteiger partial charge on any atom is 0.356 e. The lowest BCUT2D eigenvalue weighted by molar-refractivity contribution is 0.0689. The Labute approximate surface area is 98.6 Å². The molecule has 0 radical (unpaired) electrons. The zero-order chi connectivity index (χ0) is 12.4. The fourth-order valence-corrected chi connectivity index (χ4v) is 1.67. The minimum atomic E-state index is -1.02. The molecule has 2 heterocycles. The van der Waals surface area contributed by atoms with Crippen LogP contribution in [0.25, 0.3) is 11.3 Å². The number of aromatic carboxylic acids is 1. The molecule has 0 saturated carbocycles. The van der Waals surface area contributed by atoms with E-state index in [0.29, 0.717) is 6.54 Å². The molecule has 0 aliphatic carbocycles. The number of rotatable bonds is 4. The van der Waals surface area contributed by atoms with Crippen LogP contribution in [0.1, 0.15) is 10.5 Å². The summed E-state index contributed by atoms with van der Waals surface area (Å²) in [5, 5.41) is 13.0. The summed E-state index contributed by atoms with van der Waals surface area (Å²) in [6, 6.07) is 3.49. The smallest absolute Gasteiger partial charge is 0.356 e. The van der Waals surface area contributed by atoms with Crippen LogP contribution in [0.3, 0.4) is 0 Å². The molecule has 0 atom stereocenters. The molecule has 0 saturated heterocycles. The monoisotopic (exact) mass is 231 g/mol. The molecule has 17 heavy (non-hydrogen) atoms. The molecule has 5 heteroatoms. The first-order chi connectivity index (χ1) is 8.11. The van der Waals surface area contributed by atoms with Crippen LogP contribution in [0.2, 0.25) is 0 Å². The normalized spacial score (nSPS) is 10.4. The molecule has 0 amide bonds. The predicted molar refractivity (Wildman–Crippen MR) is 63.8 cm³/mol. The first kappa shape index (κ1) is 11.2. The highest BCUT2D eigenvalue weighted by molar-refractivity contribution is 5.87. The Morgan fingerprint density at radius 3 is 2.94 bits per heavy atom. The van der Waals surface area contributed by atoms with E-state index in [1.165, 1.54) is 0 Å². The summed E-state index contributed by atoms with van der Waals surface area (Å²) in [7, 11) is 1.91. The molecule has 88 valence electrons. The van der Waals surface area contributed by atoms with Crippen LogP contribution in [0, 0.1) is 0 Å². The Bertz CT molecular complexity index is 566. The van der Waals surface area contributed by atoms with Crippen molar-refractivity contribution in [2.24, 2.45) is 7.05 Å². The van der Waals surface area contributed by atoms with Gasteiger partial charge in [0, 0.05) is 25.0 Å². The second kappa shape index (κ2) is 4.29. The number of carbonyl (C=O) groups is 1. The van der Waals surface area contributed by atoms with Gasteiger partial charge >= 0.3 is 5.97 Å². The van der Waals surface area contributed by atoms with Crippen molar-refractivity contribution in [2.75, 3.05) is 0 Å². The third kappa shape index (κ3) is 2.13. The van der Waals surface area contributed by atoms with Crippen LogP contribution in [0.4, 0.5) is 0 Å². The summed E-state index contributed by atoms with van der Waals surface area (Å²) >= 11 is 0. The van der Waals surface area contributed by atoms with E-state index < -0.39 is 5.97 Å². The molecule has 0 unspecified atom stereocenters. The van der Waals surface area contributed by atoms with E-state index in [2.05, 4.69) is 11.7 Å². The van der Waals surface area contributed by atoms with Crippen molar-refractivity contribution in [3.8, 4) is 11.3 Å². The summed E-state index contributed by atoms with van der Waals surface area (Å²) in [6.45, 7) is 4.12. The van der Waals surface area contributed by atoms with Gasteiger partial charge in [-0.3, -0.25) is 4.68 Å². The highest BCUT2D eigenvalue weighted by Gasteiger charge is 2.14. The van der Waals surface area contributed by atoms with Crippen LogP contribution in [0.5, 0.6) is 0 Å². The van der Waals surface area contributed by atoms with Crippen molar-refractivity contribution >= 4 is 5.97 Å². The summed E-state index contributed by atoms with van der Waals surface area (Å²) in [6.07, 6.45) is 5.51. The topological polar surface area (TPSA) is 60.1 Å². The predicted octanol–water partition coefficient (Wildman–Crippen LogP) is 1.77. The Morgan fingerprint density at radius 2 is 2.41 bits per heavy atom. The fraction of sp³-hybridized carbons (Fsp3) is 0.167. The number of nitrogens with zero attached hydrogens (tertiary/aromatic N) is 3. The first-order valence-electron chi connectivity index (χ1n) is 5.16. The van der Waals surface area contributed by atoms with E-state index in [4.69, 9.17) is 5.11 Å². The van der Waals surface area contributed by atoms with Crippen LogP contribution in [-0.4, -0.2) is 25.4 Å². The molecule has 0 aromatic carbocycles. The zero-order valence-electron chi connectivity index (χ0n) is 9.50. The van der Waals surface area contributed by atoms with Crippen LogP contribution in [-0.2, 0) is 13.6 Å². The van der Waals surface area contributed by atoms with Crippen molar-refractivity contribution in [1.82, 2.24) is 14.3 Å². The lowest BCUT2D eigenvalue weighted by Gasteiger charge is -2.01. The maximum atomic E-state index is 10.9. The number of hydrogen-bond acceptors (Lipinski definition) is 2. The van der Waals surface area contributed by atoms with Gasteiger partial charge in [0.05, 0.1) is 12.2 Å². The van der Waals surface area contributed by atoms with E-state index in [-0.39, 0.29) is 5.69 Å². The number of hydrogen-bond donors (Lipinski definition) is 1. The van der Waals surface area contributed by atoms with Gasteiger partial charge < -0.3 is 9.67 Å². The van der Waals surface area contributed by atoms with E-state index in [9.17, 15) is 4.79 Å². The zero-order valence-corrected chi connectivity index (χ0v) is 9.50. The summed E-state index contributed by atoms with van der Waals surface area (Å²) in [5.74, 6) is -1.02. The van der Waals surface area contributed by atoms with Gasteiger partial charge in [-0.15, -0.1) is 6.58 Å². The molecule has 0 aliphatic heterocycles. The average molecular weight is 231 g/mol. The Hall–Kier alpha value is -2.30. The van der Waals surface area contributed by atoms with Crippen LogP contribution < -0.4 is 0 Å². The quantitative estimate of drug-likeness (QED) is 0.816. The minimum absolute atomic E-state index is 0.0469. The Morgan fingerprint density at radius 1 is 1.65 bits per heavy atom. The molecule has 2 aromatic heterocycles. The number of allylic oxidation sites excluding steroid dienone is 1. The van der Waals surface area contributed by atoms with Gasteiger partial charge in [-0.2, -0.15) is 5.10 Å². The molecule has 1 N–H and O–H groups in total. The maximum absolute atomic E-state index is 10.9. The van der Waals surface area contributed by atoms with Crippen molar-refractivity contribution in [3.63, 3.8) is 0 Å². The van der Waals surface area contributed by atoms with E-state index >= 15 is 0 Å². The Balaban J connectivity index is 2.50. The second-order valence-corrected chi connectivity index (χ2v) is 3.76. The molecule has 5 nitrogen and oxygen atoms in total. The molecule has 0 spiro atoms. The van der Waals surface area contributed by atoms with Gasteiger partial charge in [0.25, 0.3) is 0 Å². The van der Waals surface area contributed by atoms with Gasteiger partial charge in [0.2, 0.25) is 0 Å². The lowest BCUT2D eigenvalue weighted by atomic mass is 10.2. The van der Waals surface area contributed by atoms with E-state index in [1.54, 1.807) is 16.8 Å². The first-order valence-corrected chi connectivity index (χ1v) is 5.16. The van der Waals surface area contributed by atoms with Crippen molar-refractivity contribution < 1.29 is 9.90 Å². The standard InChI is InChI=1S/C12H13N3O2/c1-3-5-15-11(7-10(13-15)12(16)17)9-4-6-14(2)8-9/h3-4,6-8H,1,5H2,2H3,(H,16,17). The van der Waals surface area contributed by atoms with E-state index in [1.807, 2.05) is 30.1 Å². The van der Waals surface area contributed by atoms with Gasteiger partial charge in [-0.25, -0.2) is 4.79 Å². The Kier molecular flexibility index (Phi) is 2.82. The molecule has 0 fully saturated rings. The fourth-order valence-electron chi connectivity index (χ4n) is 1.67. The number of carboxylic acid groups (broad SMARTS) is 1. The molecule has 2 aromatic rings. The number of carboxylic acids is 1. The SMILES string of the molecule is C=CCn1nc(C(=O)O)cc1-c1ccn(C)c1. The lowest BCUT2D eigenvalue weighted by Crippen LogP contribution is -2.02. The second-order valence-electron chi connectivity index (χ2n) is 3.76. The van der Waals surface area contributed by atoms with Gasteiger partial charge in [0.1, 0.15) is 0 Å². The van der Waals surface area contributed by atoms with Gasteiger partial charge in [-0.05, 0) is 12.1 Å². The molecule has 2 rings (SSSR count). The number of aromatic nitrogens is 3. The highest BCUT2D eigenvalue weighted by Crippen LogP contribution is 2.21. The average Bonchev–Trinajstić information content (AvgIpc) is 2.85. The van der Waals surface area contributed by atoms with Crippen molar-refractivity contribution in [3.05, 3.63) is 42.9 Å². The van der Waals surface area contributed by atoms with Crippen LogP contribution in [0.15, 0.2) is 37.2 Å². The van der Waals surface area contributed by atoms with Gasteiger partial charge in [0.15, 0.2) is 5.69 Å². The molecular formula is C12H13N3O2. The van der Waals surface area contributed by atoms with Crippen molar-refractivity contribution in [1.29, 1.82) is 0 Å². The summed E-state index contributed by atoms with van der Waals surface area (Å²) < 4.78 is 3.53. The van der Waals surface area contributed by atoms with Crippen LogP contribution >= 0.6 is 0 Å². The molecule has 0 aliphatic rings. The third-order valence-corrected chi connectivity index (χ3v) is 2.43. The summed E-state index contributed by atoms with van der Waals surface area (Å²) in [5.41, 5.74) is 1.77. The molecular weight excluding hydrogens is 218 g/mol. The minimum Gasteiger partial charge on any atom is -0.476 e. The van der Waals surface area contributed by atoms with Gasteiger partial charge in [-0.1, -0.05) is 6.08 Å². The molecule has 0 bridgehead atoms. The largest absolute Gasteiger partial charge is 0.476 e. The third-order valence-electron chi connectivity index (χ3n) is 2.43. The summed E-state index contributed by atoms with van der Waals surface area (Å²) in [4.78, 5) is 10.9. The highest BCUT2D eigenvalue weighted by atomic mass is 16.4. The number of aryl methyl sites for hydroxylation is 1.